The lowest BCUT2D eigenvalue weighted by Crippen LogP contribution is -2.37. The molecule has 0 saturated carbocycles. The molecule has 0 unspecified atom stereocenters. The van der Waals surface area contributed by atoms with Crippen molar-refractivity contribution in [3.05, 3.63) is 37.4 Å². The molecule has 1 aliphatic rings. The van der Waals surface area contributed by atoms with Gasteiger partial charge in [-0.15, -0.1) is 22.7 Å². The van der Waals surface area contributed by atoms with Gasteiger partial charge in [0.15, 0.2) is 0 Å². The summed E-state index contributed by atoms with van der Waals surface area (Å²) in [6.45, 7) is 5.61. The molecule has 2 aromatic heterocycles. The Hall–Kier alpha value is -0.460. The molecule has 0 amide bonds. The molecular formula is C13H15ClN2OS2. The summed E-state index contributed by atoms with van der Waals surface area (Å²) in [5, 5.41) is 3.17. The van der Waals surface area contributed by atoms with Gasteiger partial charge in [0.1, 0.15) is 11.1 Å². The number of thiazole rings is 1. The first-order chi connectivity index (χ1) is 9.20. The van der Waals surface area contributed by atoms with Crippen molar-refractivity contribution in [2.45, 2.75) is 19.6 Å². The van der Waals surface area contributed by atoms with Crippen LogP contribution >= 0.6 is 34.3 Å². The minimum absolute atomic E-state index is 0.114. The van der Waals surface area contributed by atoms with Gasteiger partial charge in [0, 0.05) is 35.6 Å². The van der Waals surface area contributed by atoms with Crippen molar-refractivity contribution in [2.24, 2.45) is 0 Å². The van der Waals surface area contributed by atoms with Crippen LogP contribution in [-0.4, -0.2) is 29.6 Å². The Morgan fingerprint density at radius 1 is 1.53 bits per heavy atom. The fourth-order valence-electron chi connectivity index (χ4n) is 2.17. The van der Waals surface area contributed by atoms with Crippen molar-refractivity contribution >= 4 is 34.3 Å². The zero-order valence-corrected chi connectivity index (χ0v) is 13.0. The van der Waals surface area contributed by atoms with E-state index >= 15 is 0 Å². The van der Waals surface area contributed by atoms with Crippen LogP contribution in [0.2, 0.25) is 4.34 Å². The van der Waals surface area contributed by atoms with Crippen LogP contribution in [0.15, 0.2) is 17.5 Å². The molecule has 3 heterocycles. The molecule has 0 aromatic carbocycles. The maximum Gasteiger partial charge on any atom is 0.123 e. The molecule has 19 heavy (non-hydrogen) atoms. The number of thiophene rings is 1. The number of rotatable bonds is 3. The van der Waals surface area contributed by atoms with E-state index in [-0.39, 0.29) is 6.10 Å². The molecule has 6 heteroatoms. The minimum Gasteiger partial charge on any atom is -0.368 e. The van der Waals surface area contributed by atoms with E-state index in [1.165, 1.54) is 4.88 Å². The number of aromatic nitrogens is 1. The first-order valence-electron chi connectivity index (χ1n) is 6.21. The molecule has 0 bridgehead atoms. The van der Waals surface area contributed by atoms with Crippen LogP contribution in [0.4, 0.5) is 0 Å². The summed E-state index contributed by atoms with van der Waals surface area (Å²) in [6.07, 6.45) is 0.114. The van der Waals surface area contributed by atoms with E-state index in [1.807, 2.05) is 13.0 Å². The number of nitrogens with zero attached hydrogens (tertiary/aromatic N) is 2. The monoisotopic (exact) mass is 314 g/mol. The van der Waals surface area contributed by atoms with E-state index in [2.05, 4.69) is 21.3 Å². The average Bonchev–Trinajstić information content (AvgIpc) is 2.99. The van der Waals surface area contributed by atoms with E-state index in [4.69, 9.17) is 16.3 Å². The van der Waals surface area contributed by atoms with Gasteiger partial charge >= 0.3 is 0 Å². The zero-order valence-electron chi connectivity index (χ0n) is 10.6. The fourth-order valence-corrected chi connectivity index (χ4v) is 4.14. The van der Waals surface area contributed by atoms with Gasteiger partial charge in [-0.05, 0) is 19.1 Å². The highest BCUT2D eigenvalue weighted by molar-refractivity contribution is 7.16. The number of hydrogen-bond donors (Lipinski definition) is 0. The second kappa shape index (κ2) is 5.89. The van der Waals surface area contributed by atoms with Gasteiger partial charge in [-0.3, -0.25) is 4.90 Å². The molecule has 0 N–H and O–H groups in total. The van der Waals surface area contributed by atoms with Gasteiger partial charge in [-0.1, -0.05) is 11.6 Å². The highest BCUT2D eigenvalue weighted by atomic mass is 35.5. The number of morpholine rings is 1. The highest BCUT2D eigenvalue weighted by Gasteiger charge is 2.24. The average molecular weight is 315 g/mol. The molecule has 102 valence electrons. The molecule has 3 rings (SSSR count). The fraction of sp³-hybridized carbons (Fsp3) is 0.462. The van der Waals surface area contributed by atoms with Gasteiger partial charge in [0.25, 0.3) is 0 Å². The Morgan fingerprint density at radius 3 is 3.11 bits per heavy atom. The Balaban J connectivity index is 1.64. The molecule has 1 fully saturated rings. The van der Waals surface area contributed by atoms with Crippen LogP contribution in [0.3, 0.4) is 0 Å². The van der Waals surface area contributed by atoms with Crippen molar-refractivity contribution in [1.82, 2.24) is 9.88 Å². The Bertz CT molecular complexity index is 554. The molecule has 0 radical (unpaired) electrons. The molecule has 0 aliphatic carbocycles. The second-order valence-corrected chi connectivity index (χ2v) is 7.32. The van der Waals surface area contributed by atoms with Crippen molar-refractivity contribution in [1.29, 1.82) is 0 Å². The predicted molar refractivity (Wildman–Crippen MR) is 80.2 cm³/mol. The van der Waals surface area contributed by atoms with Crippen LogP contribution < -0.4 is 0 Å². The molecule has 2 aromatic rings. The number of aryl methyl sites for hydroxylation is 1. The summed E-state index contributed by atoms with van der Waals surface area (Å²) in [5.41, 5.74) is 1.07. The summed E-state index contributed by atoms with van der Waals surface area (Å²) < 4.78 is 6.69. The van der Waals surface area contributed by atoms with E-state index in [0.717, 1.165) is 41.3 Å². The second-order valence-electron chi connectivity index (χ2n) is 4.63. The Labute approximate surface area is 125 Å². The number of ether oxygens (including phenoxy) is 1. The van der Waals surface area contributed by atoms with Crippen molar-refractivity contribution < 1.29 is 4.74 Å². The van der Waals surface area contributed by atoms with Crippen LogP contribution in [0.25, 0.3) is 0 Å². The number of halogens is 1. The molecule has 1 aliphatic heterocycles. The maximum absolute atomic E-state index is 5.97. The van der Waals surface area contributed by atoms with Gasteiger partial charge in [-0.25, -0.2) is 4.98 Å². The maximum atomic E-state index is 5.97. The van der Waals surface area contributed by atoms with Crippen molar-refractivity contribution in [3.63, 3.8) is 0 Å². The number of hydrogen-bond acceptors (Lipinski definition) is 5. The lowest BCUT2D eigenvalue weighted by molar-refractivity contribution is -0.0327. The minimum atomic E-state index is 0.114. The normalized spacial score (nSPS) is 20.8. The van der Waals surface area contributed by atoms with Gasteiger partial charge in [0.2, 0.25) is 0 Å². The van der Waals surface area contributed by atoms with E-state index in [9.17, 15) is 0 Å². The van der Waals surface area contributed by atoms with Crippen LogP contribution in [-0.2, 0) is 11.3 Å². The largest absolute Gasteiger partial charge is 0.368 e. The van der Waals surface area contributed by atoms with Crippen molar-refractivity contribution in [3.8, 4) is 0 Å². The van der Waals surface area contributed by atoms with E-state index in [1.54, 1.807) is 22.7 Å². The lowest BCUT2D eigenvalue weighted by atomic mass is 10.2. The van der Waals surface area contributed by atoms with Gasteiger partial charge in [0.05, 0.1) is 10.9 Å². The summed E-state index contributed by atoms with van der Waals surface area (Å²) in [5.74, 6) is 0. The lowest BCUT2D eigenvalue weighted by Gasteiger charge is -2.31. The first kappa shape index (κ1) is 13.5. The Kier molecular flexibility index (Phi) is 4.19. The van der Waals surface area contributed by atoms with Crippen molar-refractivity contribution in [2.75, 3.05) is 19.7 Å². The molecule has 1 saturated heterocycles. The standard InChI is InChI=1S/C13H15ClN2OS2/c1-9-8-18-13(15-9)11-7-16(4-5-17-11)6-10-2-3-12(14)19-10/h2-3,8,11H,4-7H2,1H3/t11-/m1/s1. The smallest absolute Gasteiger partial charge is 0.123 e. The summed E-state index contributed by atoms with van der Waals surface area (Å²) in [7, 11) is 0. The zero-order chi connectivity index (χ0) is 13.2. The van der Waals surface area contributed by atoms with Crippen LogP contribution in [0.1, 0.15) is 21.7 Å². The summed E-state index contributed by atoms with van der Waals surface area (Å²) in [4.78, 5) is 8.24. The van der Waals surface area contributed by atoms with E-state index in [0.29, 0.717) is 0 Å². The third-order valence-electron chi connectivity index (χ3n) is 3.07. The van der Waals surface area contributed by atoms with E-state index < -0.39 is 0 Å². The predicted octanol–water partition coefficient (Wildman–Crippen LogP) is 3.74. The third kappa shape index (κ3) is 3.35. The van der Waals surface area contributed by atoms with Gasteiger partial charge < -0.3 is 4.74 Å². The summed E-state index contributed by atoms with van der Waals surface area (Å²) >= 11 is 9.31. The quantitative estimate of drug-likeness (QED) is 0.863. The van der Waals surface area contributed by atoms with Gasteiger partial charge in [-0.2, -0.15) is 0 Å². The SMILES string of the molecule is Cc1csc([C@H]2CN(Cc3ccc(Cl)s3)CCO2)n1. The Morgan fingerprint density at radius 2 is 2.42 bits per heavy atom. The first-order valence-corrected chi connectivity index (χ1v) is 8.28. The van der Waals surface area contributed by atoms with Crippen LogP contribution in [0, 0.1) is 6.92 Å². The molecule has 0 spiro atoms. The third-order valence-corrected chi connectivity index (χ3v) is 5.34. The highest BCUT2D eigenvalue weighted by Crippen LogP contribution is 2.28. The summed E-state index contributed by atoms with van der Waals surface area (Å²) in [6, 6.07) is 4.06. The molecular weight excluding hydrogens is 300 g/mol. The molecule has 3 nitrogen and oxygen atoms in total. The topological polar surface area (TPSA) is 25.4 Å². The van der Waals surface area contributed by atoms with Crippen LogP contribution in [0.5, 0.6) is 0 Å². The molecule has 1 atom stereocenters.